The van der Waals surface area contributed by atoms with E-state index < -0.39 is 0 Å². The second kappa shape index (κ2) is 9.19. The van der Waals surface area contributed by atoms with Gasteiger partial charge in [0.1, 0.15) is 27.3 Å². The van der Waals surface area contributed by atoms with Crippen molar-refractivity contribution in [3.63, 3.8) is 0 Å². The predicted molar refractivity (Wildman–Crippen MR) is 115 cm³/mol. The summed E-state index contributed by atoms with van der Waals surface area (Å²) in [6.45, 7) is 2.27. The number of thiazole rings is 1. The lowest BCUT2D eigenvalue weighted by Crippen LogP contribution is -2.24. The summed E-state index contributed by atoms with van der Waals surface area (Å²) >= 11 is 2.80. The number of carbonyl (C=O) groups is 1. The minimum atomic E-state index is -0.277. The summed E-state index contributed by atoms with van der Waals surface area (Å²) in [7, 11) is 0. The van der Waals surface area contributed by atoms with Crippen LogP contribution in [0.2, 0.25) is 0 Å². The molecule has 152 valence electrons. The number of hydrogen-bond acceptors (Lipinski definition) is 7. The van der Waals surface area contributed by atoms with Gasteiger partial charge in [-0.05, 0) is 55.5 Å². The molecule has 3 aromatic heterocycles. The SMILES string of the molecule is Cc1nc(-c2ccc(F)cc2)sc1-c1ccc(SCC(=O)NCc2ccco2)nn1. The van der Waals surface area contributed by atoms with E-state index in [0.717, 1.165) is 21.1 Å². The summed E-state index contributed by atoms with van der Waals surface area (Å²) in [6, 6.07) is 13.5. The molecule has 1 N–H and O–H groups in total. The first-order valence-corrected chi connectivity index (χ1v) is 10.9. The zero-order valence-electron chi connectivity index (χ0n) is 16.0. The number of hydrogen-bond donors (Lipinski definition) is 1. The number of amides is 1. The summed E-state index contributed by atoms with van der Waals surface area (Å²) in [5.74, 6) is 0.561. The second-order valence-corrected chi connectivity index (χ2v) is 8.34. The van der Waals surface area contributed by atoms with E-state index in [4.69, 9.17) is 4.42 Å². The molecule has 0 radical (unpaired) electrons. The summed E-state index contributed by atoms with van der Waals surface area (Å²) < 4.78 is 18.3. The van der Waals surface area contributed by atoms with Crippen molar-refractivity contribution in [1.29, 1.82) is 0 Å². The van der Waals surface area contributed by atoms with Gasteiger partial charge in [0.25, 0.3) is 0 Å². The van der Waals surface area contributed by atoms with Crippen LogP contribution in [0.15, 0.2) is 64.2 Å². The third-order valence-electron chi connectivity index (χ3n) is 4.15. The largest absolute Gasteiger partial charge is 0.467 e. The molecule has 9 heteroatoms. The third-order valence-corrected chi connectivity index (χ3v) is 6.30. The first-order valence-electron chi connectivity index (χ1n) is 9.08. The van der Waals surface area contributed by atoms with E-state index >= 15 is 0 Å². The average Bonchev–Trinajstić information content (AvgIpc) is 3.41. The first-order chi connectivity index (χ1) is 14.6. The highest BCUT2D eigenvalue weighted by Crippen LogP contribution is 2.34. The topological polar surface area (TPSA) is 80.9 Å². The van der Waals surface area contributed by atoms with Crippen LogP contribution >= 0.6 is 23.1 Å². The van der Waals surface area contributed by atoms with Crippen LogP contribution in [0.1, 0.15) is 11.5 Å². The molecule has 0 aliphatic heterocycles. The highest BCUT2D eigenvalue weighted by Gasteiger charge is 2.13. The van der Waals surface area contributed by atoms with E-state index in [1.807, 2.05) is 19.1 Å². The molecule has 0 unspecified atom stereocenters. The van der Waals surface area contributed by atoms with E-state index in [1.54, 1.807) is 30.5 Å². The van der Waals surface area contributed by atoms with E-state index in [2.05, 4.69) is 20.5 Å². The first kappa shape index (κ1) is 20.2. The lowest BCUT2D eigenvalue weighted by molar-refractivity contribution is -0.118. The van der Waals surface area contributed by atoms with Crippen molar-refractivity contribution < 1.29 is 13.6 Å². The Morgan fingerprint density at radius 3 is 2.70 bits per heavy atom. The molecule has 3 heterocycles. The van der Waals surface area contributed by atoms with Crippen molar-refractivity contribution in [3.8, 4) is 21.1 Å². The maximum atomic E-state index is 13.1. The van der Waals surface area contributed by atoms with Crippen molar-refractivity contribution >= 4 is 29.0 Å². The number of furan rings is 1. The Hall–Kier alpha value is -3.04. The van der Waals surface area contributed by atoms with Gasteiger partial charge in [0, 0.05) is 5.56 Å². The summed E-state index contributed by atoms with van der Waals surface area (Å²) in [6.07, 6.45) is 1.57. The van der Waals surface area contributed by atoms with E-state index in [-0.39, 0.29) is 17.5 Å². The molecule has 1 aromatic carbocycles. The number of halogens is 1. The minimum absolute atomic E-state index is 0.107. The fraction of sp³-hybridized carbons (Fsp3) is 0.143. The fourth-order valence-corrected chi connectivity index (χ4v) is 4.34. The van der Waals surface area contributed by atoms with Crippen LogP contribution in [0, 0.1) is 12.7 Å². The average molecular weight is 441 g/mol. The smallest absolute Gasteiger partial charge is 0.230 e. The standard InChI is InChI=1S/C21H17FN4O2S2/c1-13-20(30-21(24-13)14-4-6-15(22)7-5-14)17-8-9-19(26-25-17)29-12-18(27)23-11-16-3-2-10-28-16/h2-10H,11-12H2,1H3,(H,23,27). The lowest BCUT2D eigenvalue weighted by atomic mass is 10.2. The number of carbonyl (C=O) groups excluding carboxylic acids is 1. The Balaban J connectivity index is 1.37. The second-order valence-electron chi connectivity index (χ2n) is 6.34. The third kappa shape index (κ3) is 4.92. The number of nitrogens with one attached hydrogen (secondary N) is 1. The van der Waals surface area contributed by atoms with Crippen LogP contribution in [0.4, 0.5) is 4.39 Å². The van der Waals surface area contributed by atoms with Crippen molar-refractivity contribution in [2.24, 2.45) is 0 Å². The number of aromatic nitrogens is 3. The zero-order valence-corrected chi connectivity index (χ0v) is 17.6. The Kier molecular flexibility index (Phi) is 6.20. The number of aryl methyl sites for hydroxylation is 1. The summed E-state index contributed by atoms with van der Waals surface area (Å²) in [4.78, 5) is 17.4. The highest BCUT2D eigenvalue weighted by molar-refractivity contribution is 7.99. The van der Waals surface area contributed by atoms with Crippen LogP contribution in [-0.4, -0.2) is 26.8 Å². The van der Waals surface area contributed by atoms with Crippen molar-refractivity contribution in [2.45, 2.75) is 18.5 Å². The van der Waals surface area contributed by atoms with Crippen molar-refractivity contribution in [1.82, 2.24) is 20.5 Å². The molecular weight excluding hydrogens is 423 g/mol. The molecule has 0 aliphatic rings. The maximum absolute atomic E-state index is 13.1. The molecule has 0 bridgehead atoms. The van der Waals surface area contributed by atoms with Crippen LogP contribution in [-0.2, 0) is 11.3 Å². The Bertz CT molecular complexity index is 1130. The molecule has 0 saturated carbocycles. The van der Waals surface area contributed by atoms with E-state index in [1.165, 1.54) is 35.2 Å². The highest BCUT2D eigenvalue weighted by atomic mass is 32.2. The van der Waals surface area contributed by atoms with Gasteiger partial charge >= 0.3 is 0 Å². The number of thioether (sulfide) groups is 1. The normalized spacial score (nSPS) is 10.9. The van der Waals surface area contributed by atoms with Gasteiger partial charge < -0.3 is 9.73 Å². The van der Waals surface area contributed by atoms with Crippen molar-refractivity contribution in [3.05, 3.63) is 72.1 Å². The monoisotopic (exact) mass is 440 g/mol. The van der Waals surface area contributed by atoms with Crippen LogP contribution < -0.4 is 5.32 Å². The molecule has 0 aliphatic carbocycles. The van der Waals surface area contributed by atoms with Gasteiger partial charge in [0.15, 0.2) is 0 Å². The van der Waals surface area contributed by atoms with Gasteiger partial charge in [-0.25, -0.2) is 9.37 Å². The molecule has 4 aromatic rings. The molecular formula is C21H17FN4O2S2. The van der Waals surface area contributed by atoms with Crippen LogP contribution in [0.25, 0.3) is 21.1 Å². The Morgan fingerprint density at radius 2 is 2.00 bits per heavy atom. The van der Waals surface area contributed by atoms with Gasteiger partial charge in [-0.3, -0.25) is 4.79 Å². The Morgan fingerprint density at radius 1 is 1.17 bits per heavy atom. The van der Waals surface area contributed by atoms with Gasteiger partial charge in [0.05, 0.1) is 29.1 Å². The van der Waals surface area contributed by atoms with Gasteiger partial charge in [-0.15, -0.1) is 21.5 Å². The molecule has 30 heavy (non-hydrogen) atoms. The van der Waals surface area contributed by atoms with Crippen LogP contribution in [0.5, 0.6) is 0 Å². The summed E-state index contributed by atoms with van der Waals surface area (Å²) in [5, 5.41) is 12.8. The lowest BCUT2D eigenvalue weighted by Gasteiger charge is -2.03. The number of nitrogens with zero attached hydrogens (tertiary/aromatic N) is 3. The number of rotatable bonds is 7. The molecule has 0 atom stereocenters. The predicted octanol–water partition coefficient (Wildman–Crippen LogP) is 4.72. The van der Waals surface area contributed by atoms with Crippen LogP contribution in [0.3, 0.4) is 0 Å². The quantitative estimate of drug-likeness (QED) is 0.419. The van der Waals surface area contributed by atoms with Gasteiger partial charge in [-0.1, -0.05) is 11.8 Å². The zero-order chi connectivity index (χ0) is 20.9. The summed E-state index contributed by atoms with van der Waals surface area (Å²) in [5.41, 5.74) is 2.41. The molecule has 1 amide bonds. The fourth-order valence-electron chi connectivity index (χ4n) is 2.66. The van der Waals surface area contributed by atoms with Gasteiger partial charge in [0.2, 0.25) is 5.91 Å². The number of benzene rings is 1. The molecule has 6 nitrogen and oxygen atoms in total. The van der Waals surface area contributed by atoms with E-state index in [9.17, 15) is 9.18 Å². The molecule has 0 fully saturated rings. The maximum Gasteiger partial charge on any atom is 0.230 e. The minimum Gasteiger partial charge on any atom is -0.467 e. The van der Waals surface area contributed by atoms with E-state index in [0.29, 0.717) is 23.0 Å². The molecule has 0 spiro atoms. The Labute approximate surface area is 180 Å². The molecule has 4 rings (SSSR count). The molecule has 0 saturated heterocycles. The van der Waals surface area contributed by atoms with Crippen molar-refractivity contribution in [2.75, 3.05) is 5.75 Å². The van der Waals surface area contributed by atoms with Gasteiger partial charge in [-0.2, -0.15) is 0 Å².